The smallest absolute Gasteiger partial charge is 0.246 e. The molecule has 0 radical (unpaired) electrons. The van der Waals surface area contributed by atoms with Crippen molar-refractivity contribution in [2.24, 2.45) is 5.73 Å². The van der Waals surface area contributed by atoms with Gasteiger partial charge >= 0.3 is 0 Å². The second-order valence-corrected chi connectivity index (χ2v) is 11.0. The van der Waals surface area contributed by atoms with E-state index in [-0.39, 0.29) is 18.6 Å². The molecule has 5 rings (SSSR count). The van der Waals surface area contributed by atoms with Crippen LogP contribution < -0.4 is 36.1 Å². The number of methoxy groups -OCH3 is 2. The number of fused-ring (bicyclic) bond motifs is 4. The zero-order chi connectivity index (χ0) is 30.7. The number of rotatable bonds is 10. The highest BCUT2D eigenvalue weighted by Crippen LogP contribution is 2.44. The maximum Gasteiger partial charge on any atom is 0.246 e. The van der Waals surface area contributed by atoms with Crippen LogP contribution in [0.15, 0.2) is 54.6 Å². The Morgan fingerprint density at radius 2 is 1.79 bits per heavy atom. The number of para-hydroxylation sites is 1. The molecule has 0 bridgehead atoms. The lowest BCUT2D eigenvalue weighted by atomic mass is 10.1. The minimum Gasteiger partial charge on any atom is -0.493 e. The van der Waals surface area contributed by atoms with Gasteiger partial charge in [0.05, 0.1) is 25.8 Å². The van der Waals surface area contributed by atoms with Crippen molar-refractivity contribution in [2.45, 2.75) is 57.8 Å². The SMILES string of the molecule is COCc1cc(COc2cc3c(cc2OC)C(O)N2c4ccccc4C[C@H]2CN3)cc(NC(=O)[C@H](C)NC(=O)[C@H](C)N)c1. The van der Waals surface area contributed by atoms with Gasteiger partial charge in [-0.2, -0.15) is 0 Å². The van der Waals surface area contributed by atoms with Gasteiger partial charge in [0.1, 0.15) is 12.6 Å². The molecule has 0 fully saturated rings. The van der Waals surface area contributed by atoms with Crippen molar-refractivity contribution in [2.75, 3.05) is 36.3 Å². The molecule has 2 heterocycles. The largest absolute Gasteiger partial charge is 0.493 e. The van der Waals surface area contributed by atoms with E-state index in [1.807, 2.05) is 42.5 Å². The number of carbonyl (C=O) groups is 2. The van der Waals surface area contributed by atoms with Crippen molar-refractivity contribution < 1.29 is 28.9 Å². The minimum absolute atomic E-state index is 0.113. The number of amides is 2. The predicted molar refractivity (Wildman–Crippen MR) is 164 cm³/mol. The molecule has 0 aliphatic carbocycles. The summed E-state index contributed by atoms with van der Waals surface area (Å²) in [5.74, 6) is 0.214. The summed E-state index contributed by atoms with van der Waals surface area (Å²) in [6.07, 6.45) is 0.00150. The van der Waals surface area contributed by atoms with E-state index >= 15 is 0 Å². The number of aliphatic hydroxyl groups is 1. The van der Waals surface area contributed by atoms with E-state index in [4.69, 9.17) is 19.9 Å². The molecule has 11 heteroatoms. The van der Waals surface area contributed by atoms with Gasteiger partial charge in [-0.15, -0.1) is 0 Å². The third-order valence-electron chi connectivity index (χ3n) is 7.72. The summed E-state index contributed by atoms with van der Waals surface area (Å²) in [6.45, 7) is 4.32. The molecule has 3 aromatic rings. The van der Waals surface area contributed by atoms with E-state index < -0.39 is 24.2 Å². The lowest BCUT2D eigenvalue weighted by Crippen LogP contribution is -2.47. The Bertz CT molecular complexity index is 1500. The maximum absolute atomic E-state index is 12.8. The van der Waals surface area contributed by atoms with Crippen LogP contribution in [0.1, 0.15) is 42.3 Å². The number of nitrogens with zero attached hydrogens (tertiary/aromatic N) is 1. The van der Waals surface area contributed by atoms with Gasteiger partial charge in [-0.25, -0.2) is 0 Å². The average molecular weight is 590 g/mol. The molecule has 0 saturated heterocycles. The Kier molecular flexibility index (Phi) is 9.05. The number of ether oxygens (including phenoxy) is 3. The molecule has 6 N–H and O–H groups in total. The number of hydrogen-bond donors (Lipinski definition) is 5. The first-order chi connectivity index (χ1) is 20.7. The molecule has 1 unspecified atom stereocenters. The van der Waals surface area contributed by atoms with E-state index in [1.165, 1.54) is 5.56 Å². The van der Waals surface area contributed by atoms with Gasteiger partial charge in [0.2, 0.25) is 11.8 Å². The molecule has 3 aromatic carbocycles. The number of carbonyl (C=O) groups excluding carboxylic acids is 2. The first kappa shape index (κ1) is 30.1. The van der Waals surface area contributed by atoms with Crippen LogP contribution in [0.4, 0.5) is 17.1 Å². The molecule has 228 valence electrons. The minimum atomic E-state index is -0.848. The van der Waals surface area contributed by atoms with Crippen LogP contribution >= 0.6 is 0 Å². The summed E-state index contributed by atoms with van der Waals surface area (Å²) in [5, 5.41) is 20.4. The standard InChI is InChI=1S/C32H39N5O6/c1-18(33)30(38)35-19(2)31(39)36-23-10-20(16-41-3)9-21(11-23)17-43-29-14-26-25(13-28(29)42-4)32(40)37-24(15-34-26)12-22-7-5-6-8-27(22)37/h5-11,13-14,18-19,24,32,34,40H,12,15-17,33H2,1-4H3,(H,35,38)(H,36,39)/t18-,19-,24-,32?/m0/s1. The lowest BCUT2D eigenvalue weighted by molar-refractivity contribution is -0.126. The van der Waals surface area contributed by atoms with Crippen molar-refractivity contribution in [3.8, 4) is 11.5 Å². The van der Waals surface area contributed by atoms with E-state index in [1.54, 1.807) is 34.1 Å². The Morgan fingerprint density at radius 3 is 2.51 bits per heavy atom. The molecular weight excluding hydrogens is 550 g/mol. The summed E-state index contributed by atoms with van der Waals surface area (Å²) in [7, 11) is 3.16. The molecule has 4 atom stereocenters. The summed E-state index contributed by atoms with van der Waals surface area (Å²) in [6, 6.07) is 16.0. The second kappa shape index (κ2) is 12.9. The predicted octanol–water partition coefficient (Wildman–Crippen LogP) is 3.06. The normalized spacial score (nSPS) is 18.2. The van der Waals surface area contributed by atoms with E-state index in [0.29, 0.717) is 35.9 Å². The summed E-state index contributed by atoms with van der Waals surface area (Å²) < 4.78 is 17.2. The number of aliphatic hydroxyl groups excluding tert-OH is 1. The van der Waals surface area contributed by atoms with Crippen molar-refractivity contribution >= 4 is 28.9 Å². The van der Waals surface area contributed by atoms with Gasteiger partial charge in [-0.1, -0.05) is 18.2 Å². The van der Waals surface area contributed by atoms with E-state index in [0.717, 1.165) is 28.9 Å². The number of anilines is 3. The lowest BCUT2D eigenvalue weighted by Gasteiger charge is -2.30. The number of nitrogens with one attached hydrogen (secondary N) is 3. The molecule has 43 heavy (non-hydrogen) atoms. The van der Waals surface area contributed by atoms with Crippen molar-refractivity contribution in [1.29, 1.82) is 0 Å². The van der Waals surface area contributed by atoms with Crippen molar-refractivity contribution in [3.05, 3.63) is 76.9 Å². The number of hydrogen-bond acceptors (Lipinski definition) is 9. The van der Waals surface area contributed by atoms with Crippen molar-refractivity contribution in [3.63, 3.8) is 0 Å². The quantitative estimate of drug-likeness (QED) is 0.241. The average Bonchev–Trinajstić information content (AvgIpc) is 3.30. The van der Waals surface area contributed by atoms with Gasteiger partial charge < -0.3 is 45.9 Å². The van der Waals surface area contributed by atoms with Crippen LogP contribution in [-0.4, -0.2) is 55.8 Å². The fraction of sp³-hybridized carbons (Fsp3) is 0.375. The summed E-state index contributed by atoms with van der Waals surface area (Å²) in [4.78, 5) is 26.8. The maximum atomic E-state index is 12.8. The molecule has 0 spiro atoms. The second-order valence-electron chi connectivity index (χ2n) is 11.0. The topological polar surface area (TPSA) is 147 Å². The van der Waals surface area contributed by atoms with E-state index in [2.05, 4.69) is 26.9 Å². The van der Waals surface area contributed by atoms with Crippen molar-refractivity contribution in [1.82, 2.24) is 5.32 Å². The third kappa shape index (κ3) is 6.53. The summed E-state index contributed by atoms with van der Waals surface area (Å²) in [5.41, 5.74) is 11.5. The van der Waals surface area contributed by atoms with Gasteiger partial charge in [0.25, 0.3) is 0 Å². The Labute approximate surface area is 251 Å². The van der Waals surface area contributed by atoms with E-state index in [9.17, 15) is 14.7 Å². The zero-order valence-electron chi connectivity index (χ0n) is 24.8. The Morgan fingerprint density at radius 1 is 1.05 bits per heavy atom. The Balaban J connectivity index is 1.34. The first-order valence-corrected chi connectivity index (χ1v) is 14.3. The number of benzene rings is 3. The van der Waals surface area contributed by atoms with Gasteiger partial charge in [-0.05, 0) is 67.3 Å². The van der Waals surface area contributed by atoms with Gasteiger partial charge in [0.15, 0.2) is 17.7 Å². The molecule has 11 nitrogen and oxygen atoms in total. The highest BCUT2D eigenvalue weighted by Gasteiger charge is 2.37. The van der Waals surface area contributed by atoms with Crippen LogP contribution in [-0.2, 0) is 34.0 Å². The summed E-state index contributed by atoms with van der Waals surface area (Å²) >= 11 is 0. The number of nitrogens with two attached hydrogens (primary N) is 1. The van der Waals surface area contributed by atoms with Gasteiger partial charge in [-0.3, -0.25) is 9.59 Å². The molecule has 0 saturated carbocycles. The highest BCUT2D eigenvalue weighted by molar-refractivity contribution is 5.97. The third-order valence-corrected chi connectivity index (χ3v) is 7.72. The Hall–Kier alpha value is -4.32. The van der Waals surface area contributed by atoms with Crippen LogP contribution in [0.2, 0.25) is 0 Å². The fourth-order valence-corrected chi connectivity index (χ4v) is 5.57. The van der Waals surface area contributed by atoms with Crippen LogP contribution in [0, 0.1) is 0 Å². The molecule has 2 amide bonds. The highest BCUT2D eigenvalue weighted by atomic mass is 16.5. The van der Waals surface area contributed by atoms with Crippen LogP contribution in [0.3, 0.4) is 0 Å². The molecular formula is C32H39N5O6. The fourth-order valence-electron chi connectivity index (χ4n) is 5.57. The van der Waals surface area contributed by atoms with Gasteiger partial charge in [0, 0.05) is 42.3 Å². The molecule has 2 aliphatic heterocycles. The monoisotopic (exact) mass is 589 g/mol. The van der Waals surface area contributed by atoms with Crippen LogP contribution in [0.5, 0.6) is 11.5 Å². The van der Waals surface area contributed by atoms with Crippen LogP contribution in [0.25, 0.3) is 0 Å². The molecule has 2 aliphatic rings. The molecule has 0 aromatic heterocycles. The first-order valence-electron chi connectivity index (χ1n) is 14.3. The zero-order valence-corrected chi connectivity index (χ0v) is 24.8.